The molecule has 0 heterocycles. The van der Waals surface area contributed by atoms with Crippen molar-refractivity contribution in [3.63, 3.8) is 0 Å². The van der Waals surface area contributed by atoms with E-state index in [1.807, 2.05) is 30.9 Å². The van der Waals surface area contributed by atoms with E-state index >= 15 is 0 Å². The smallest absolute Gasteiger partial charge is 0.371 e. The van der Waals surface area contributed by atoms with Crippen molar-refractivity contribution in [2.45, 2.75) is 58.8 Å². The number of hydrogen-bond acceptors (Lipinski definition) is 4. The zero-order valence-corrected chi connectivity index (χ0v) is 18.9. The van der Waals surface area contributed by atoms with Gasteiger partial charge in [0, 0.05) is 24.1 Å². The van der Waals surface area contributed by atoms with Crippen LogP contribution in [0, 0.1) is 17.3 Å². The minimum atomic E-state index is -4.02. The Kier molecular flexibility index (Phi) is 5.47. The maximum atomic E-state index is 13.2. The molecule has 0 aliphatic heterocycles. The van der Waals surface area contributed by atoms with E-state index in [1.165, 1.54) is 5.56 Å². The second-order valence-corrected chi connectivity index (χ2v) is 10.3. The Hall–Kier alpha value is -1.86. The number of allylic oxidation sites excluding steroid dienone is 1. The molecule has 4 rings (SSSR count). The third-order valence-corrected chi connectivity index (χ3v) is 8.20. The Morgan fingerprint density at radius 3 is 2.67 bits per heavy atom. The normalized spacial score (nSPS) is 30.0. The van der Waals surface area contributed by atoms with Crippen LogP contribution in [0.15, 0.2) is 29.8 Å². The number of nitrogens with two attached hydrogens (primary N) is 1. The second-order valence-electron chi connectivity index (χ2n) is 9.14. The van der Waals surface area contributed by atoms with Crippen LogP contribution in [-0.2, 0) is 21.5 Å². The zero-order chi connectivity index (χ0) is 21.7. The summed E-state index contributed by atoms with van der Waals surface area (Å²) in [5.74, 6) is 1.97. The lowest BCUT2D eigenvalue weighted by Crippen LogP contribution is -2.44. The van der Waals surface area contributed by atoms with Gasteiger partial charge in [0.1, 0.15) is 5.75 Å². The van der Waals surface area contributed by atoms with E-state index in [2.05, 4.69) is 13.0 Å². The molecule has 7 heteroatoms. The van der Waals surface area contributed by atoms with Crippen molar-refractivity contribution in [3.05, 3.63) is 41.0 Å². The van der Waals surface area contributed by atoms with Gasteiger partial charge < -0.3 is 9.08 Å². The molecule has 0 aromatic heterocycles. The van der Waals surface area contributed by atoms with E-state index in [0.29, 0.717) is 17.8 Å². The average Bonchev–Trinajstić information content (AvgIpc) is 3.04. The van der Waals surface area contributed by atoms with Crippen molar-refractivity contribution in [1.82, 2.24) is 4.90 Å². The first-order chi connectivity index (χ1) is 14.2. The van der Waals surface area contributed by atoms with Gasteiger partial charge in [0.25, 0.3) is 0 Å². The lowest BCUT2D eigenvalue weighted by atomic mass is 9.54. The highest BCUT2D eigenvalue weighted by molar-refractivity contribution is 7.84. The summed E-state index contributed by atoms with van der Waals surface area (Å²) in [5, 5.41) is 5.01. The van der Waals surface area contributed by atoms with Gasteiger partial charge in [0.05, 0.1) is 0 Å². The van der Waals surface area contributed by atoms with Gasteiger partial charge in [-0.25, -0.2) is 0 Å². The van der Waals surface area contributed by atoms with Crippen molar-refractivity contribution in [2.24, 2.45) is 22.4 Å². The molecule has 3 aliphatic carbocycles. The predicted molar refractivity (Wildman–Crippen MR) is 116 cm³/mol. The number of likely N-dealkylation sites (N-methyl/N-ethyl adjacent to an activating group) is 1. The second kappa shape index (κ2) is 7.68. The minimum Gasteiger partial charge on any atom is -0.371 e. The largest absolute Gasteiger partial charge is 0.380 e. The monoisotopic (exact) mass is 432 g/mol. The number of hydrogen-bond donors (Lipinski definition) is 1. The van der Waals surface area contributed by atoms with Gasteiger partial charge in [0.15, 0.2) is 0 Å². The van der Waals surface area contributed by atoms with Crippen molar-refractivity contribution in [2.75, 3.05) is 13.1 Å². The van der Waals surface area contributed by atoms with Gasteiger partial charge >= 0.3 is 10.3 Å². The highest BCUT2D eigenvalue weighted by Crippen LogP contribution is 2.61. The van der Waals surface area contributed by atoms with E-state index in [-0.39, 0.29) is 17.1 Å². The molecule has 30 heavy (non-hydrogen) atoms. The summed E-state index contributed by atoms with van der Waals surface area (Å²) in [6.45, 7) is 7.87. The number of carbonyl (C=O) groups excluding carboxylic acids is 1. The third-order valence-electron chi connectivity index (χ3n) is 7.77. The summed E-state index contributed by atoms with van der Waals surface area (Å²) >= 11 is 0. The highest BCUT2D eigenvalue weighted by atomic mass is 32.2. The minimum absolute atomic E-state index is 0.0466. The Morgan fingerprint density at radius 2 is 2.00 bits per heavy atom. The number of nitrogens with zero attached hydrogens (tertiary/aromatic N) is 1. The molecule has 4 unspecified atom stereocenters. The van der Waals surface area contributed by atoms with Crippen molar-refractivity contribution in [3.8, 4) is 5.75 Å². The van der Waals surface area contributed by atoms with Gasteiger partial charge in [-0.1, -0.05) is 19.1 Å². The molecule has 2 N–H and O–H groups in total. The van der Waals surface area contributed by atoms with Gasteiger partial charge in [0.2, 0.25) is 5.91 Å². The first-order valence-electron chi connectivity index (χ1n) is 11.0. The molecule has 0 spiro atoms. The van der Waals surface area contributed by atoms with Crippen LogP contribution >= 0.6 is 0 Å². The first kappa shape index (κ1) is 21.4. The van der Waals surface area contributed by atoms with Crippen molar-refractivity contribution >= 4 is 16.2 Å². The van der Waals surface area contributed by atoms with Crippen LogP contribution in [0.3, 0.4) is 0 Å². The van der Waals surface area contributed by atoms with Crippen LogP contribution in [0.25, 0.3) is 0 Å². The summed E-state index contributed by atoms with van der Waals surface area (Å²) in [6.07, 6.45) is 7.19. The zero-order valence-electron chi connectivity index (χ0n) is 18.1. The fourth-order valence-corrected chi connectivity index (χ4v) is 6.70. The summed E-state index contributed by atoms with van der Waals surface area (Å²) in [4.78, 5) is 15.1. The molecule has 1 fully saturated rings. The molecular formula is C23H32N2O4S. The fourth-order valence-electron chi connectivity index (χ4n) is 6.32. The van der Waals surface area contributed by atoms with E-state index in [1.54, 1.807) is 6.07 Å². The summed E-state index contributed by atoms with van der Waals surface area (Å²) in [6, 6.07) is 5.55. The van der Waals surface area contributed by atoms with Gasteiger partial charge in [-0.05, 0) is 87.0 Å². The molecule has 1 aromatic rings. The number of fused-ring (bicyclic) bond motifs is 5. The average molecular weight is 433 g/mol. The Balaban J connectivity index is 1.58. The first-order valence-corrected chi connectivity index (χ1v) is 12.5. The molecule has 6 nitrogen and oxygen atoms in total. The van der Waals surface area contributed by atoms with Crippen LogP contribution in [0.1, 0.15) is 63.5 Å². The molecule has 0 bridgehead atoms. The number of aryl methyl sites for hydroxylation is 1. The molecule has 3 aliphatic rings. The Labute approximate surface area is 179 Å². The molecule has 164 valence electrons. The van der Waals surface area contributed by atoms with E-state index < -0.39 is 10.3 Å². The quantitative estimate of drug-likeness (QED) is 0.771. The van der Waals surface area contributed by atoms with Crippen LogP contribution in [0.2, 0.25) is 0 Å². The van der Waals surface area contributed by atoms with Crippen LogP contribution in [0.5, 0.6) is 5.75 Å². The lowest BCUT2D eigenvalue weighted by molar-refractivity contribution is -0.128. The van der Waals surface area contributed by atoms with Crippen LogP contribution in [0.4, 0.5) is 0 Å². The van der Waals surface area contributed by atoms with Crippen LogP contribution < -0.4 is 9.32 Å². The summed E-state index contributed by atoms with van der Waals surface area (Å²) in [5.41, 5.74) is 3.44. The van der Waals surface area contributed by atoms with Crippen molar-refractivity contribution < 1.29 is 17.4 Å². The number of rotatable bonds is 5. The predicted octanol–water partition coefficient (Wildman–Crippen LogP) is 3.53. The Morgan fingerprint density at radius 1 is 1.27 bits per heavy atom. The maximum absolute atomic E-state index is 13.2. The molecule has 1 aromatic carbocycles. The van der Waals surface area contributed by atoms with E-state index in [0.717, 1.165) is 56.3 Å². The van der Waals surface area contributed by atoms with E-state index in [4.69, 9.17) is 9.32 Å². The number of carbonyl (C=O) groups is 1. The summed E-state index contributed by atoms with van der Waals surface area (Å²) in [7, 11) is -4.02. The number of amides is 1. The Bertz CT molecular complexity index is 983. The van der Waals surface area contributed by atoms with E-state index in [9.17, 15) is 13.2 Å². The standard InChI is InChI=1S/C23H32N2O4S/c1-4-25(5-2)22(26)21-11-10-20-19-8-6-15-14-16(29-30(24,27)28)7-9-17(15)18(19)12-13-23(20,21)3/h7,9,11,14,18-20H,4-6,8,10,12-13H2,1-3H3,(H2,24,27,28). The third kappa shape index (κ3) is 3.56. The van der Waals surface area contributed by atoms with Gasteiger partial charge in [-0.2, -0.15) is 13.6 Å². The lowest BCUT2D eigenvalue weighted by Gasteiger charge is -2.50. The SMILES string of the molecule is CCN(CC)C(=O)C1=CCC2C3CCc4cc(OS(N)(=O)=O)ccc4C3CCC12C. The molecule has 4 atom stereocenters. The molecule has 0 saturated heterocycles. The van der Waals surface area contributed by atoms with Gasteiger partial charge in [-0.15, -0.1) is 0 Å². The molecule has 1 amide bonds. The fraction of sp³-hybridized carbons (Fsp3) is 0.609. The van der Waals surface area contributed by atoms with Gasteiger partial charge in [-0.3, -0.25) is 4.79 Å². The van der Waals surface area contributed by atoms with Crippen LogP contribution in [-0.4, -0.2) is 32.3 Å². The molecule has 0 radical (unpaired) electrons. The highest BCUT2D eigenvalue weighted by Gasteiger charge is 2.53. The topological polar surface area (TPSA) is 89.7 Å². The maximum Gasteiger partial charge on any atom is 0.380 e. The summed E-state index contributed by atoms with van der Waals surface area (Å²) < 4.78 is 27.4. The van der Waals surface area contributed by atoms with Crippen molar-refractivity contribution in [1.29, 1.82) is 0 Å². The molecule has 1 saturated carbocycles. The number of benzene rings is 1. The molecular weight excluding hydrogens is 400 g/mol.